The second-order valence-corrected chi connectivity index (χ2v) is 4.95. The predicted octanol–water partition coefficient (Wildman–Crippen LogP) is 1.97. The lowest BCUT2D eigenvalue weighted by atomic mass is 10.4. The summed E-state index contributed by atoms with van der Waals surface area (Å²) in [6.07, 6.45) is 1.11. The maximum absolute atomic E-state index is 11.4. The summed E-state index contributed by atoms with van der Waals surface area (Å²) >= 11 is 7.05. The third-order valence-electron chi connectivity index (χ3n) is 1.93. The molecule has 0 radical (unpaired) electrons. The lowest BCUT2D eigenvalue weighted by Gasteiger charge is -2.11. The molecule has 1 aromatic rings. The maximum atomic E-state index is 11.4. The molecular formula is C12H11ClO6S. The second-order valence-electron chi connectivity index (χ2n) is 3.57. The van der Waals surface area contributed by atoms with E-state index in [9.17, 15) is 14.4 Å². The van der Waals surface area contributed by atoms with E-state index in [1.165, 1.54) is 17.4 Å². The molecule has 1 aromatic heterocycles. The molecular weight excluding hydrogens is 308 g/mol. The van der Waals surface area contributed by atoms with Crippen molar-refractivity contribution in [2.75, 3.05) is 6.61 Å². The minimum atomic E-state index is -1.51. The van der Waals surface area contributed by atoms with Crippen molar-refractivity contribution in [2.24, 2.45) is 0 Å². The SMILES string of the molecule is CC(=O)O[C@@H](COC(=O)/C=C/c1cc(Cl)cs1)C(=O)O. The van der Waals surface area contributed by atoms with Gasteiger partial charge in [-0.15, -0.1) is 11.3 Å². The van der Waals surface area contributed by atoms with Crippen LogP contribution in [0.15, 0.2) is 17.5 Å². The van der Waals surface area contributed by atoms with Gasteiger partial charge in [-0.3, -0.25) is 4.79 Å². The fourth-order valence-corrected chi connectivity index (χ4v) is 2.10. The van der Waals surface area contributed by atoms with Crippen molar-refractivity contribution in [1.82, 2.24) is 0 Å². The Hall–Kier alpha value is -1.86. The Labute approximate surface area is 123 Å². The van der Waals surface area contributed by atoms with Crippen LogP contribution in [0.25, 0.3) is 6.08 Å². The van der Waals surface area contributed by atoms with Gasteiger partial charge in [-0.05, 0) is 12.1 Å². The summed E-state index contributed by atoms with van der Waals surface area (Å²) in [5, 5.41) is 11.0. The average Bonchev–Trinajstić information content (AvgIpc) is 2.77. The van der Waals surface area contributed by atoms with Crippen LogP contribution in [0.3, 0.4) is 0 Å². The third-order valence-corrected chi connectivity index (χ3v) is 3.18. The van der Waals surface area contributed by atoms with Crippen LogP contribution in [-0.4, -0.2) is 35.7 Å². The number of carboxylic acid groups (broad SMARTS) is 1. The smallest absolute Gasteiger partial charge is 0.348 e. The van der Waals surface area contributed by atoms with Crippen LogP contribution < -0.4 is 0 Å². The van der Waals surface area contributed by atoms with Crippen LogP contribution in [0.5, 0.6) is 0 Å². The molecule has 1 rings (SSSR count). The van der Waals surface area contributed by atoms with Gasteiger partial charge >= 0.3 is 17.9 Å². The number of carbonyl (C=O) groups is 3. The van der Waals surface area contributed by atoms with Gasteiger partial charge in [0.1, 0.15) is 6.61 Å². The van der Waals surface area contributed by atoms with E-state index >= 15 is 0 Å². The zero-order chi connectivity index (χ0) is 15.1. The quantitative estimate of drug-likeness (QED) is 0.637. The van der Waals surface area contributed by atoms with Crippen LogP contribution in [0.4, 0.5) is 0 Å². The van der Waals surface area contributed by atoms with Gasteiger partial charge in [0.2, 0.25) is 6.10 Å². The van der Waals surface area contributed by atoms with E-state index in [0.717, 1.165) is 17.9 Å². The summed E-state index contributed by atoms with van der Waals surface area (Å²) < 4.78 is 9.16. The molecule has 0 unspecified atom stereocenters. The molecule has 0 aliphatic rings. The summed E-state index contributed by atoms with van der Waals surface area (Å²) in [6.45, 7) is 0.515. The molecule has 0 amide bonds. The molecule has 1 heterocycles. The summed E-state index contributed by atoms with van der Waals surface area (Å²) in [5.74, 6) is -2.90. The molecule has 0 aromatic carbocycles. The summed E-state index contributed by atoms with van der Waals surface area (Å²) in [5.41, 5.74) is 0. The van der Waals surface area contributed by atoms with E-state index in [1.54, 1.807) is 11.4 Å². The Morgan fingerprint density at radius 3 is 2.70 bits per heavy atom. The van der Waals surface area contributed by atoms with Crippen molar-refractivity contribution in [3.8, 4) is 0 Å². The number of hydrogen-bond acceptors (Lipinski definition) is 6. The molecule has 0 saturated carbocycles. The Kier molecular flexibility index (Phi) is 6.20. The summed E-state index contributed by atoms with van der Waals surface area (Å²) in [6, 6.07) is 1.66. The van der Waals surface area contributed by atoms with Crippen LogP contribution in [0, 0.1) is 0 Å². The van der Waals surface area contributed by atoms with Crippen molar-refractivity contribution in [2.45, 2.75) is 13.0 Å². The van der Waals surface area contributed by atoms with Gasteiger partial charge in [-0.25, -0.2) is 9.59 Å². The minimum Gasteiger partial charge on any atom is -0.478 e. The zero-order valence-corrected chi connectivity index (χ0v) is 11.9. The van der Waals surface area contributed by atoms with E-state index in [2.05, 4.69) is 9.47 Å². The summed E-state index contributed by atoms with van der Waals surface area (Å²) in [4.78, 5) is 33.5. The van der Waals surface area contributed by atoms with Gasteiger partial charge < -0.3 is 14.6 Å². The number of esters is 2. The molecule has 6 nitrogen and oxygen atoms in total. The first-order chi connectivity index (χ1) is 9.38. The Bertz CT molecular complexity index is 536. The van der Waals surface area contributed by atoms with Gasteiger partial charge in [-0.1, -0.05) is 11.6 Å². The third kappa shape index (κ3) is 5.85. The molecule has 1 atom stereocenters. The molecule has 108 valence electrons. The van der Waals surface area contributed by atoms with Crippen molar-refractivity contribution >= 4 is 46.9 Å². The molecule has 0 fully saturated rings. The highest BCUT2D eigenvalue weighted by atomic mass is 35.5. The molecule has 1 N–H and O–H groups in total. The highest BCUT2D eigenvalue weighted by Crippen LogP contribution is 2.20. The van der Waals surface area contributed by atoms with Gasteiger partial charge in [0.15, 0.2) is 0 Å². The number of carboxylic acids is 1. The first-order valence-electron chi connectivity index (χ1n) is 5.37. The van der Waals surface area contributed by atoms with E-state index in [1.807, 2.05) is 0 Å². The molecule has 8 heteroatoms. The minimum absolute atomic E-state index is 0.552. The van der Waals surface area contributed by atoms with E-state index in [-0.39, 0.29) is 0 Å². The van der Waals surface area contributed by atoms with Gasteiger partial charge in [0.25, 0.3) is 0 Å². The average molecular weight is 319 g/mol. The van der Waals surface area contributed by atoms with Gasteiger partial charge in [-0.2, -0.15) is 0 Å². The standard InChI is InChI=1S/C12H11ClO6S/c1-7(14)19-10(12(16)17)5-18-11(15)3-2-9-4-8(13)6-20-9/h2-4,6,10H,5H2,1H3,(H,16,17)/b3-2+/t10-/m0/s1. The summed E-state index contributed by atoms with van der Waals surface area (Å²) in [7, 11) is 0. The molecule has 20 heavy (non-hydrogen) atoms. The Morgan fingerprint density at radius 2 is 2.20 bits per heavy atom. The van der Waals surface area contributed by atoms with E-state index < -0.39 is 30.6 Å². The molecule has 0 aliphatic heterocycles. The Morgan fingerprint density at radius 1 is 1.50 bits per heavy atom. The number of hydrogen-bond donors (Lipinski definition) is 1. The number of halogens is 1. The number of rotatable bonds is 6. The Balaban J connectivity index is 2.47. The van der Waals surface area contributed by atoms with Crippen LogP contribution >= 0.6 is 22.9 Å². The van der Waals surface area contributed by atoms with E-state index in [0.29, 0.717) is 5.02 Å². The first-order valence-corrected chi connectivity index (χ1v) is 6.63. The van der Waals surface area contributed by atoms with Crippen molar-refractivity contribution in [3.63, 3.8) is 0 Å². The highest BCUT2D eigenvalue weighted by Gasteiger charge is 2.22. The first kappa shape index (κ1) is 16.2. The number of ether oxygens (including phenoxy) is 2. The van der Waals surface area contributed by atoms with Crippen molar-refractivity contribution in [3.05, 3.63) is 27.4 Å². The largest absolute Gasteiger partial charge is 0.478 e. The number of carbonyl (C=O) groups excluding carboxylic acids is 2. The monoisotopic (exact) mass is 318 g/mol. The van der Waals surface area contributed by atoms with Gasteiger partial charge in [0.05, 0.1) is 5.02 Å². The molecule has 0 spiro atoms. The molecule has 0 bridgehead atoms. The molecule has 0 saturated heterocycles. The van der Waals surface area contributed by atoms with Crippen LogP contribution in [-0.2, 0) is 23.9 Å². The van der Waals surface area contributed by atoms with Crippen LogP contribution in [0.2, 0.25) is 5.02 Å². The number of thiophene rings is 1. The fourth-order valence-electron chi connectivity index (χ4n) is 1.13. The van der Waals surface area contributed by atoms with Crippen LogP contribution in [0.1, 0.15) is 11.8 Å². The van der Waals surface area contributed by atoms with Crippen molar-refractivity contribution < 1.29 is 29.0 Å². The number of aliphatic carboxylic acids is 1. The zero-order valence-electron chi connectivity index (χ0n) is 10.4. The molecule has 0 aliphatic carbocycles. The maximum Gasteiger partial charge on any atom is 0.348 e. The predicted molar refractivity (Wildman–Crippen MR) is 72.5 cm³/mol. The lowest BCUT2D eigenvalue weighted by molar-refractivity contribution is -0.168. The lowest BCUT2D eigenvalue weighted by Crippen LogP contribution is -2.31. The van der Waals surface area contributed by atoms with E-state index in [4.69, 9.17) is 16.7 Å². The topological polar surface area (TPSA) is 89.9 Å². The fraction of sp³-hybridized carbons (Fsp3) is 0.250. The van der Waals surface area contributed by atoms with Gasteiger partial charge in [0, 0.05) is 23.3 Å². The second kappa shape index (κ2) is 7.66. The normalized spacial score (nSPS) is 12.1. The van der Waals surface area contributed by atoms with Crippen molar-refractivity contribution in [1.29, 1.82) is 0 Å². The highest BCUT2D eigenvalue weighted by molar-refractivity contribution is 7.11.